The number of piperidine rings is 1. The first-order chi connectivity index (χ1) is 5.36. The number of morpholine rings is 1. The van der Waals surface area contributed by atoms with Gasteiger partial charge in [0.1, 0.15) is 6.61 Å². The molecule has 2 aliphatic heterocycles. The van der Waals surface area contributed by atoms with Crippen molar-refractivity contribution in [2.24, 2.45) is 0 Å². The molecular formula is C7H12N2O2. The largest absolute Gasteiger partial charge is 0.366 e. The highest BCUT2D eigenvalue weighted by Crippen LogP contribution is 2.11. The Hall–Kier alpha value is -0.610. The minimum Gasteiger partial charge on any atom is -0.366 e. The lowest BCUT2D eigenvalue weighted by molar-refractivity contribution is -0.138. The Morgan fingerprint density at radius 3 is 3.36 bits per heavy atom. The molecule has 2 fully saturated rings. The summed E-state index contributed by atoms with van der Waals surface area (Å²) >= 11 is 0. The van der Waals surface area contributed by atoms with E-state index in [1.54, 1.807) is 0 Å². The molecule has 0 aliphatic carbocycles. The number of fused-ring (bicyclic) bond motifs is 1. The van der Waals surface area contributed by atoms with Gasteiger partial charge in [0.25, 0.3) is 0 Å². The van der Waals surface area contributed by atoms with Crippen molar-refractivity contribution >= 4 is 5.91 Å². The molecule has 0 spiro atoms. The van der Waals surface area contributed by atoms with E-state index in [1.807, 2.05) is 0 Å². The molecule has 0 aromatic heterocycles. The van der Waals surface area contributed by atoms with Crippen molar-refractivity contribution in [3.63, 3.8) is 0 Å². The molecule has 2 rings (SSSR count). The maximum absolute atomic E-state index is 10.9. The van der Waals surface area contributed by atoms with Gasteiger partial charge < -0.3 is 15.4 Å². The normalized spacial score (nSPS) is 37.6. The van der Waals surface area contributed by atoms with Crippen molar-refractivity contribution in [2.45, 2.75) is 18.6 Å². The Bertz CT molecular complexity index is 172. The zero-order chi connectivity index (χ0) is 7.68. The van der Waals surface area contributed by atoms with Gasteiger partial charge in [-0.3, -0.25) is 4.79 Å². The number of ether oxygens (including phenoxy) is 1. The van der Waals surface area contributed by atoms with Crippen molar-refractivity contribution in [3.8, 4) is 0 Å². The third kappa shape index (κ3) is 1.36. The van der Waals surface area contributed by atoms with Gasteiger partial charge in [0.2, 0.25) is 5.91 Å². The van der Waals surface area contributed by atoms with E-state index in [9.17, 15) is 4.79 Å². The van der Waals surface area contributed by atoms with Crippen LogP contribution in [0.15, 0.2) is 0 Å². The van der Waals surface area contributed by atoms with Crippen LogP contribution in [0.4, 0.5) is 0 Å². The monoisotopic (exact) mass is 156 g/mol. The quantitative estimate of drug-likeness (QED) is 0.466. The highest BCUT2D eigenvalue weighted by Gasteiger charge is 2.31. The molecule has 4 nitrogen and oxygen atoms in total. The van der Waals surface area contributed by atoms with Crippen molar-refractivity contribution in [3.05, 3.63) is 0 Å². The van der Waals surface area contributed by atoms with Crippen LogP contribution < -0.4 is 10.6 Å². The third-order valence-corrected chi connectivity index (χ3v) is 2.19. The molecule has 0 saturated carbocycles. The second-order valence-corrected chi connectivity index (χ2v) is 3.02. The van der Waals surface area contributed by atoms with E-state index in [-0.39, 0.29) is 24.7 Å². The first-order valence-corrected chi connectivity index (χ1v) is 3.98. The Kier molecular flexibility index (Phi) is 1.79. The fourth-order valence-corrected chi connectivity index (χ4v) is 1.61. The molecule has 0 bridgehead atoms. The summed E-state index contributed by atoms with van der Waals surface area (Å²) < 4.78 is 5.34. The number of nitrogens with one attached hydrogen (secondary N) is 2. The van der Waals surface area contributed by atoms with Gasteiger partial charge in [0, 0.05) is 6.54 Å². The van der Waals surface area contributed by atoms with Gasteiger partial charge in [0.15, 0.2) is 0 Å². The van der Waals surface area contributed by atoms with Crippen LogP contribution in [0.2, 0.25) is 0 Å². The number of hydrogen-bond donors (Lipinski definition) is 2. The van der Waals surface area contributed by atoms with Crippen molar-refractivity contribution in [1.29, 1.82) is 0 Å². The molecule has 2 unspecified atom stereocenters. The van der Waals surface area contributed by atoms with E-state index in [0.717, 1.165) is 19.5 Å². The zero-order valence-electron chi connectivity index (χ0n) is 6.30. The summed E-state index contributed by atoms with van der Waals surface area (Å²) in [4.78, 5) is 10.9. The Balaban J connectivity index is 1.98. The van der Waals surface area contributed by atoms with Crippen molar-refractivity contribution in [1.82, 2.24) is 10.6 Å². The van der Waals surface area contributed by atoms with Gasteiger partial charge in [-0.2, -0.15) is 0 Å². The molecule has 4 heteroatoms. The summed E-state index contributed by atoms with van der Waals surface area (Å²) in [5, 5.41) is 6.10. The molecule has 0 aromatic carbocycles. The number of hydrogen-bond acceptors (Lipinski definition) is 3. The van der Waals surface area contributed by atoms with Gasteiger partial charge in [-0.05, 0) is 13.0 Å². The predicted molar refractivity (Wildman–Crippen MR) is 39.2 cm³/mol. The van der Waals surface area contributed by atoms with Crippen LogP contribution in [-0.2, 0) is 9.53 Å². The number of carbonyl (C=O) groups excluding carboxylic acids is 1. The average molecular weight is 156 g/mol. The van der Waals surface area contributed by atoms with Crippen LogP contribution in [0, 0.1) is 0 Å². The number of carbonyl (C=O) groups is 1. The molecule has 62 valence electrons. The van der Waals surface area contributed by atoms with E-state index < -0.39 is 0 Å². The standard InChI is InChI=1S/C7H12N2O2/c10-7-4-11-6-1-2-8-3-5(6)9-7/h5-6,8H,1-4H2,(H,9,10). The lowest BCUT2D eigenvalue weighted by Crippen LogP contribution is -2.59. The average Bonchev–Trinajstić information content (AvgIpc) is 2.04. The van der Waals surface area contributed by atoms with E-state index in [4.69, 9.17) is 4.74 Å². The lowest BCUT2D eigenvalue weighted by atomic mass is 10.0. The van der Waals surface area contributed by atoms with Gasteiger partial charge in [-0.25, -0.2) is 0 Å². The van der Waals surface area contributed by atoms with Crippen LogP contribution in [0.1, 0.15) is 6.42 Å². The van der Waals surface area contributed by atoms with E-state index in [2.05, 4.69) is 10.6 Å². The molecule has 11 heavy (non-hydrogen) atoms. The van der Waals surface area contributed by atoms with Crippen LogP contribution in [0.5, 0.6) is 0 Å². The molecule has 0 radical (unpaired) electrons. The second-order valence-electron chi connectivity index (χ2n) is 3.02. The molecule has 2 heterocycles. The topological polar surface area (TPSA) is 50.4 Å². The molecule has 2 saturated heterocycles. The van der Waals surface area contributed by atoms with E-state index >= 15 is 0 Å². The molecule has 1 amide bonds. The summed E-state index contributed by atoms with van der Waals surface area (Å²) in [6.45, 7) is 2.08. The van der Waals surface area contributed by atoms with Crippen LogP contribution >= 0.6 is 0 Å². The number of rotatable bonds is 0. The predicted octanol–water partition coefficient (Wildman–Crippen LogP) is -1.14. The Morgan fingerprint density at radius 2 is 2.45 bits per heavy atom. The first kappa shape index (κ1) is 7.06. The van der Waals surface area contributed by atoms with E-state index in [0.29, 0.717) is 0 Å². The highest BCUT2D eigenvalue weighted by atomic mass is 16.5. The van der Waals surface area contributed by atoms with Gasteiger partial charge in [-0.1, -0.05) is 0 Å². The van der Waals surface area contributed by atoms with Crippen LogP contribution in [-0.4, -0.2) is 37.7 Å². The zero-order valence-corrected chi connectivity index (χ0v) is 6.30. The van der Waals surface area contributed by atoms with E-state index in [1.165, 1.54) is 0 Å². The molecular weight excluding hydrogens is 144 g/mol. The smallest absolute Gasteiger partial charge is 0.246 e. The fourth-order valence-electron chi connectivity index (χ4n) is 1.61. The lowest BCUT2D eigenvalue weighted by Gasteiger charge is -2.35. The molecule has 2 aliphatic rings. The SMILES string of the molecule is O=C1COC2CCNCC2N1. The minimum absolute atomic E-state index is 0.00921. The van der Waals surface area contributed by atoms with Crippen LogP contribution in [0.25, 0.3) is 0 Å². The molecule has 2 atom stereocenters. The number of amides is 1. The van der Waals surface area contributed by atoms with Gasteiger partial charge in [0.05, 0.1) is 12.1 Å². The summed E-state index contributed by atoms with van der Waals surface area (Å²) in [5.74, 6) is 0.00921. The Morgan fingerprint density at radius 1 is 1.55 bits per heavy atom. The van der Waals surface area contributed by atoms with Crippen LogP contribution in [0.3, 0.4) is 0 Å². The maximum atomic E-state index is 10.9. The Labute approximate surface area is 65.3 Å². The second kappa shape index (κ2) is 2.79. The third-order valence-electron chi connectivity index (χ3n) is 2.19. The summed E-state index contributed by atoms with van der Waals surface area (Å²) in [5.41, 5.74) is 0. The minimum atomic E-state index is 0.00921. The van der Waals surface area contributed by atoms with Crippen molar-refractivity contribution < 1.29 is 9.53 Å². The maximum Gasteiger partial charge on any atom is 0.246 e. The molecule has 2 N–H and O–H groups in total. The summed E-state index contributed by atoms with van der Waals surface area (Å²) in [7, 11) is 0. The fraction of sp³-hybridized carbons (Fsp3) is 0.857. The first-order valence-electron chi connectivity index (χ1n) is 3.98. The van der Waals surface area contributed by atoms with Crippen molar-refractivity contribution in [2.75, 3.05) is 19.7 Å². The highest BCUT2D eigenvalue weighted by molar-refractivity contribution is 5.78. The molecule has 0 aromatic rings. The van der Waals surface area contributed by atoms with Gasteiger partial charge >= 0.3 is 0 Å². The summed E-state index contributed by atoms with van der Waals surface area (Å²) in [6, 6.07) is 0.199. The van der Waals surface area contributed by atoms with Gasteiger partial charge in [-0.15, -0.1) is 0 Å². The summed E-state index contributed by atoms with van der Waals surface area (Å²) in [6.07, 6.45) is 1.25.